The molecule has 5 heterocycles. The van der Waals surface area contributed by atoms with E-state index in [0.29, 0.717) is 42.5 Å². The van der Waals surface area contributed by atoms with Gasteiger partial charge in [-0.1, -0.05) is 35.9 Å². The molecular weight excluding hydrogens is 460 g/mol. The quantitative estimate of drug-likeness (QED) is 0.371. The predicted molar refractivity (Wildman–Crippen MR) is 132 cm³/mol. The molecule has 35 heavy (non-hydrogen) atoms. The Morgan fingerprint density at radius 3 is 2.86 bits per heavy atom. The van der Waals surface area contributed by atoms with Gasteiger partial charge >= 0.3 is 0 Å². The Bertz CT molecular complexity index is 1320. The molecule has 2 bridgehead atoms. The van der Waals surface area contributed by atoms with Crippen LogP contribution in [0.4, 0.5) is 5.69 Å². The molecule has 0 aromatic heterocycles. The van der Waals surface area contributed by atoms with Crippen LogP contribution in [0.2, 0.25) is 5.02 Å². The van der Waals surface area contributed by atoms with E-state index in [1.165, 1.54) is 11.1 Å². The number of para-hydroxylation sites is 1. The van der Waals surface area contributed by atoms with Crippen LogP contribution in [0.25, 0.3) is 0 Å². The normalized spacial score (nSPS) is 39.7. The van der Waals surface area contributed by atoms with E-state index in [0.717, 1.165) is 41.7 Å². The number of halogens is 1. The Morgan fingerprint density at radius 1 is 1.17 bits per heavy atom. The first-order valence-electron chi connectivity index (χ1n) is 12.9. The summed E-state index contributed by atoms with van der Waals surface area (Å²) >= 11 is 6.10. The van der Waals surface area contributed by atoms with Crippen molar-refractivity contribution in [2.24, 2.45) is 11.8 Å². The molecule has 5 aliphatic heterocycles. The van der Waals surface area contributed by atoms with Gasteiger partial charge in [-0.05, 0) is 47.4 Å². The van der Waals surface area contributed by atoms with Crippen LogP contribution in [0.3, 0.4) is 0 Å². The van der Waals surface area contributed by atoms with Gasteiger partial charge in [0.25, 0.3) is 0 Å². The zero-order valence-corrected chi connectivity index (χ0v) is 20.3. The van der Waals surface area contributed by atoms with Gasteiger partial charge in [-0.3, -0.25) is 9.59 Å². The second-order valence-electron chi connectivity index (χ2n) is 11.5. The first-order chi connectivity index (χ1) is 17.0. The number of piperidine rings is 2. The third-order valence-electron chi connectivity index (χ3n) is 10.3. The van der Waals surface area contributed by atoms with E-state index in [9.17, 15) is 9.59 Å². The van der Waals surface area contributed by atoms with Gasteiger partial charge < -0.3 is 14.1 Å². The van der Waals surface area contributed by atoms with Crippen molar-refractivity contribution >= 4 is 29.0 Å². The fraction of sp³-hybridized carbons (Fsp3) is 0.448. The zero-order chi connectivity index (χ0) is 23.5. The van der Waals surface area contributed by atoms with E-state index in [2.05, 4.69) is 35.2 Å². The number of nitrogens with zero attached hydrogens (tertiary/aromatic N) is 2. The number of ketones is 1. The molecule has 178 valence electrons. The van der Waals surface area contributed by atoms with Crippen molar-refractivity contribution < 1.29 is 18.8 Å². The number of fused-ring (bicyclic) bond motifs is 2. The maximum absolute atomic E-state index is 13.7. The van der Waals surface area contributed by atoms with Gasteiger partial charge in [-0.15, -0.1) is 0 Å². The number of amides is 1. The van der Waals surface area contributed by atoms with E-state index in [1.807, 2.05) is 24.3 Å². The van der Waals surface area contributed by atoms with Crippen LogP contribution in [0.5, 0.6) is 0 Å². The highest BCUT2D eigenvalue weighted by atomic mass is 35.5. The summed E-state index contributed by atoms with van der Waals surface area (Å²) in [5.41, 5.74) is 4.52. The highest BCUT2D eigenvalue weighted by Crippen LogP contribution is 2.67. The molecular formula is C29H28ClN2O3+. The lowest BCUT2D eigenvalue weighted by molar-refractivity contribution is -0.935. The first kappa shape index (κ1) is 20.7. The Balaban J connectivity index is 1.31. The lowest BCUT2D eigenvalue weighted by Gasteiger charge is -2.60. The van der Waals surface area contributed by atoms with Crippen LogP contribution >= 0.6 is 11.6 Å². The summed E-state index contributed by atoms with van der Waals surface area (Å²) in [6.45, 7) is 2.96. The average Bonchev–Trinajstić information content (AvgIpc) is 3.29. The van der Waals surface area contributed by atoms with E-state index in [-0.39, 0.29) is 29.3 Å². The van der Waals surface area contributed by atoms with E-state index < -0.39 is 0 Å². The monoisotopic (exact) mass is 487 g/mol. The molecule has 5 nitrogen and oxygen atoms in total. The molecule has 7 atom stereocenters. The third-order valence-corrected chi connectivity index (χ3v) is 10.6. The number of benzene rings is 2. The highest BCUT2D eigenvalue weighted by Gasteiger charge is 2.76. The molecule has 1 aliphatic carbocycles. The van der Waals surface area contributed by atoms with E-state index >= 15 is 0 Å². The molecule has 4 fully saturated rings. The smallest absolute Gasteiger partial charge is 0.229 e. The standard InChI is InChI=1S/C29H28ClN2O3/c30-19-7-5-17(6-8-19)23(33)16-32-11-10-29-21-3-1-2-4-22(21)31-26(34)14-24-27(28(29)31)20(13-25(29)32)18(15-32)9-12-35-24/h1-9,20,24-25,27-28H,10-16H2/q+1/t20?,24-,25?,27?,28?,29+,32?/m0/s1. The van der Waals surface area contributed by atoms with Crippen LogP contribution in [0.1, 0.15) is 35.2 Å². The zero-order valence-electron chi connectivity index (χ0n) is 19.5. The number of rotatable bonds is 3. The van der Waals surface area contributed by atoms with Gasteiger partial charge in [0.2, 0.25) is 11.7 Å². The number of quaternary nitrogens is 1. The largest absolute Gasteiger partial charge is 0.373 e. The van der Waals surface area contributed by atoms with Crippen LogP contribution in [0.15, 0.2) is 60.2 Å². The average molecular weight is 488 g/mol. The molecule has 5 unspecified atom stereocenters. The van der Waals surface area contributed by atoms with Crippen molar-refractivity contribution in [2.75, 3.05) is 31.1 Å². The molecule has 1 spiro atoms. The second kappa shape index (κ2) is 6.84. The predicted octanol–water partition coefficient (Wildman–Crippen LogP) is 4.14. The van der Waals surface area contributed by atoms with Gasteiger partial charge in [-0.2, -0.15) is 0 Å². The minimum Gasteiger partial charge on any atom is -0.373 e. The molecule has 2 aromatic rings. The Hall–Kier alpha value is -2.47. The molecule has 1 amide bonds. The van der Waals surface area contributed by atoms with Crippen LogP contribution in [-0.2, 0) is 14.9 Å². The number of anilines is 1. The topological polar surface area (TPSA) is 46.6 Å². The number of Topliss-reactive ketones (excluding diaryl/α,β-unsaturated/α-hetero) is 1. The Kier molecular flexibility index (Phi) is 4.05. The Labute approximate surface area is 209 Å². The minimum absolute atomic E-state index is 0.00839. The first-order valence-corrected chi connectivity index (χ1v) is 13.3. The summed E-state index contributed by atoms with van der Waals surface area (Å²) in [6, 6.07) is 16.4. The number of ether oxygens (including phenoxy) is 1. The number of hydrogen-bond acceptors (Lipinski definition) is 3. The van der Waals surface area contributed by atoms with Crippen molar-refractivity contribution in [3.63, 3.8) is 0 Å². The summed E-state index contributed by atoms with van der Waals surface area (Å²) in [5.74, 6) is 1.15. The van der Waals surface area contributed by atoms with Crippen molar-refractivity contribution in [3.05, 3.63) is 76.3 Å². The van der Waals surface area contributed by atoms with Crippen molar-refractivity contribution in [2.45, 2.75) is 42.9 Å². The summed E-state index contributed by atoms with van der Waals surface area (Å²) in [6.07, 6.45) is 4.85. The maximum Gasteiger partial charge on any atom is 0.229 e. The van der Waals surface area contributed by atoms with Gasteiger partial charge in [0.15, 0.2) is 0 Å². The SMILES string of the molecule is O=C(C[N+]12CC[C@@]34c5ccccc5N5C(=O)C[C@@H]6OCC=C(C1)C(CC32)C6C54)c1ccc(Cl)cc1. The van der Waals surface area contributed by atoms with Crippen LogP contribution in [-0.4, -0.2) is 60.6 Å². The van der Waals surface area contributed by atoms with Gasteiger partial charge in [0.05, 0.1) is 37.1 Å². The van der Waals surface area contributed by atoms with Gasteiger partial charge in [0.1, 0.15) is 19.1 Å². The van der Waals surface area contributed by atoms with Gasteiger partial charge in [-0.25, -0.2) is 0 Å². The molecule has 0 radical (unpaired) electrons. The number of carbonyl (C=O) groups is 2. The highest BCUT2D eigenvalue weighted by molar-refractivity contribution is 6.30. The summed E-state index contributed by atoms with van der Waals surface area (Å²) in [4.78, 5) is 29.4. The summed E-state index contributed by atoms with van der Waals surface area (Å²) in [5, 5.41) is 0.649. The molecule has 2 aromatic carbocycles. The lowest BCUT2D eigenvalue weighted by atomic mass is 9.53. The fourth-order valence-corrected chi connectivity index (χ4v) is 9.34. The third kappa shape index (κ3) is 2.47. The molecule has 0 N–H and O–H groups in total. The summed E-state index contributed by atoms with van der Waals surface area (Å²) < 4.78 is 7.18. The summed E-state index contributed by atoms with van der Waals surface area (Å²) in [7, 11) is 0. The van der Waals surface area contributed by atoms with Crippen LogP contribution < -0.4 is 4.90 Å². The lowest BCUT2D eigenvalue weighted by Crippen LogP contribution is -2.73. The number of hydrogen-bond donors (Lipinski definition) is 0. The molecule has 1 saturated carbocycles. The second-order valence-corrected chi connectivity index (χ2v) is 11.9. The molecule has 6 aliphatic rings. The van der Waals surface area contributed by atoms with Crippen LogP contribution in [0, 0.1) is 11.8 Å². The molecule has 3 saturated heterocycles. The maximum atomic E-state index is 13.7. The van der Waals surface area contributed by atoms with E-state index in [1.54, 1.807) is 0 Å². The minimum atomic E-state index is -0.106. The molecule has 8 rings (SSSR count). The molecule has 6 heteroatoms. The fourth-order valence-electron chi connectivity index (χ4n) is 9.21. The van der Waals surface area contributed by atoms with E-state index in [4.69, 9.17) is 16.3 Å². The number of carbonyl (C=O) groups excluding carboxylic acids is 2. The van der Waals surface area contributed by atoms with Crippen molar-refractivity contribution in [3.8, 4) is 0 Å². The van der Waals surface area contributed by atoms with Gasteiger partial charge in [0, 0.05) is 35.0 Å². The van der Waals surface area contributed by atoms with Crippen molar-refractivity contribution in [1.29, 1.82) is 0 Å². The van der Waals surface area contributed by atoms with Crippen molar-refractivity contribution in [1.82, 2.24) is 0 Å². The Morgan fingerprint density at radius 2 is 2.00 bits per heavy atom.